The number of aromatic nitrogens is 2. The molecule has 1 aliphatic heterocycles. The van der Waals surface area contributed by atoms with Gasteiger partial charge in [0.25, 0.3) is 0 Å². The summed E-state index contributed by atoms with van der Waals surface area (Å²) in [6.07, 6.45) is 1.08. The van der Waals surface area contributed by atoms with Crippen LogP contribution in [0.4, 0.5) is 0 Å². The van der Waals surface area contributed by atoms with Crippen LogP contribution < -0.4 is 0 Å². The van der Waals surface area contributed by atoms with Crippen LogP contribution in [0.5, 0.6) is 0 Å². The fourth-order valence-electron chi connectivity index (χ4n) is 1.08. The number of H-pyrrole nitrogens is 1. The number of hydrogen-bond donors (Lipinski definition) is 1. The van der Waals surface area contributed by atoms with E-state index < -0.39 is 0 Å². The molecule has 0 saturated carbocycles. The van der Waals surface area contributed by atoms with Gasteiger partial charge in [-0.3, -0.25) is 5.10 Å². The first-order valence-electron chi connectivity index (χ1n) is 3.17. The molecule has 0 aromatic carbocycles. The molecule has 2 heterocycles. The first-order chi connectivity index (χ1) is 4.88. The molecule has 0 atom stereocenters. The third-order valence-electron chi connectivity index (χ3n) is 1.65. The van der Waals surface area contributed by atoms with E-state index in [0.717, 1.165) is 12.2 Å². The molecule has 1 aromatic heterocycles. The van der Waals surface area contributed by atoms with Gasteiger partial charge in [-0.05, 0) is 12.2 Å². The number of nitrogens with zero attached hydrogens (tertiary/aromatic N) is 1. The molecule has 1 aromatic rings. The third kappa shape index (κ3) is 0.935. The number of rotatable bonds is 0. The highest BCUT2D eigenvalue weighted by molar-refractivity contribution is 7.98. The quantitative estimate of drug-likeness (QED) is 0.651. The molecule has 0 fully saturated rings. The van der Waals surface area contributed by atoms with Gasteiger partial charge >= 0.3 is 0 Å². The Bertz CT molecular complexity index is 246. The number of aromatic amines is 1. The van der Waals surface area contributed by atoms with Gasteiger partial charge in [-0.2, -0.15) is 16.9 Å². The summed E-state index contributed by atoms with van der Waals surface area (Å²) in [6, 6.07) is 0. The largest absolute Gasteiger partial charge is 0.281 e. The van der Waals surface area contributed by atoms with E-state index in [9.17, 15) is 0 Å². The molecular formula is C6H7ClN2S. The molecule has 0 unspecified atom stereocenters. The maximum absolute atomic E-state index is 5.80. The summed E-state index contributed by atoms with van der Waals surface area (Å²) >= 11 is 7.71. The Morgan fingerprint density at radius 2 is 2.50 bits per heavy atom. The van der Waals surface area contributed by atoms with E-state index in [4.69, 9.17) is 11.6 Å². The summed E-state index contributed by atoms with van der Waals surface area (Å²) in [5.74, 6) is 2.20. The van der Waals surface area contributed by atoms with Gasteiger partial charge in [0.15, 0.2) is 5.15 Å². The summed E-state index contributed by atoms with van der Waals surface area (Å²) in [7, 11) is 0. The topological polar surface area (TPSA) is 28.7 Å². The van der Waals surface area contributed by atoms with Crippen molar-refractivity contribution in [2.45, 2.75) is 12.2 Å². The summed E-state index contributed by atoms with van der Waals surface area (Å²) < 4.78 is 0. The number of fused-ring (bicyclic) bond motifs is 1. The number of halogens is 1. The van der Waals surface area contributed by atoms with Gasteiger partial charge < -0.3 is 0 Å². The van der Waals surface area contributed by atoms with E-state index >= 15 is 0 Å². The van der Waals surface area contributed by atoms with Crippen LogP contribution in [0, 0.1) is 0 Å². The van der Waals surface area contributed by atoms with E-state index in [2.05, 4.69) is 10.2 Å². The summed E-state index contributed by atoms with van der Waals surface area (Å²) in [5.41, 5.74) is 2.43. The lowest BCUT2D eigenvalue weighted by atomic mass is 10.2. The molecule has 54 valence electrons. The summed E-state index contributed by atoms with van der Waals surface area (Å²) in [5, 5.41) is 7.51. The zero-order valence-corrected chi connectivity index (χ0v) is 6.93. The minimum atomic E-state index is 0.655. The maximum Gasteiger partial charge on any atom is 0.155 e. The van der Waals surface area contributed by atoms with Crippen LogP contribution in [0.15, 0.2) is 0 Å². The monoisotopic (exact) mass is 174 g/mol. The minimum absolute atomic E-state index is 0.655. The molecular weight excluding hydrogens is 168 g/mol. The highest BCUT2D eigenvalue weighted by atomic mass is 35.5. The second-order valence-electron chi connectivity index (χ2n) is 2.27. The van der Waals surface area contributed by atoms with E-state index in [-0.39, 0.29) is 0 Å². The van der Waals surface area contributed by atoms with Crippen molar-refractivity contribution in [1.82, 2.24) is 10.2 Å². The van der Waals surface area contributed by atoms with Crippen molar-refractivity contribution in [3.05, 3.63) is 16.4 Å². The number of hydrogen-bond acceptors (Lipinski definition) is 2. The number of nitrogens with one attached hydrogen (secondary N) is 1. The highest BCUT2D eigenvalue weighted by Gasteiger charge is 2.14. The lowest BCUT2D eigenvalue weighted by molar-refractivity contribution is 0.965. The third-order valence-corrected chi connectivity index (χ3v) is 2.94. The fourth-order valence-corrected chi connectivity index (χ4v) is 2.39. The molecule has 0 spiro atoms. The SMILES string of the molecule is Clc1n[nH]c2c1CSCC2. The second-order valence-corrected chi connectivity index (χ2v) is 3.74. The molecule has 2 rings (SSSR count). The summed E-state index contributed by atoms with van der Waals surface area (Å²) in [4.78, 5) is 0. The Balaban J connectivity index is 2.45. The van der Waals surface area contributed by atoms with Gasteiger partial charge in [-0.25, -0.2) is 0 Å². The average molecular weight is 175 g/mol. The first-order valence-corrected chi connectivity index (χ1v) is 4.70. The average Bonchev–Trinajstić information content (AvgIpc) is 2.34. The van der Waals surface area contributed by atoms with E-state index in [0.29, 0.717) is 5.15 Å². The van der Waals surface area contributed by atoms with E-state index in [1.807, 2.05) is 11.8 Å². The maximum atomic E-state index is 5.80. The lowest BCUT2D eigenvalue weighted by Gasteiger charge is -2.08. The second kappa shape index (κ2) is 2.47. The fraction of sp³-hybridized carbons (Fsp3) is 0.500. The Kier molecular flexibility index (Phi) is 1.62. The van der Waals surface area contributed by atoms with Crippen molar-refractivity contribution in [3.8, 4) is 0 Å². The zero-order valence-electron chi connectivity index (χ0n) is 5.35. The first kappa shape index (κ1) is 6.55. The van der Waals surface area contributed by atoms with Gasteiger partial charge in [0.05, 0.1) is 0 Å². The van der Waals surface area contributed by atoms with Gasteiger partial charge in [-0.15, -0.1) is 0 Å². The van der Waals surface area contributed by atoms with Gasteiger partial charge in [0, 0.05) is 17.0 Å². The molecule has 0 radical (unpaired) electrons. The standard InChI is InChI=1S/C6H7ClN2S/c7-6-4-3-10-2-1-5(4)8-9-6/h1-3H2,(H,8,9). The highest BCUT2D eigenvalue weighted by Crippen LogP contribution is 2.27. The van der Waals surface area contributed by atoms with Crippen molar-refractivity contribution in [2.24, 2.45) is 0 Å². The van der Waals surface area contributed by atoms with Crippen molar-refractivity contribution >= 4 is 23.4 Å². The van der Waals surface area contributed by atoms with Gasteiger partial charge in [-0.1, -0.05) is 11.6 Å². The molecule has 1 N–H and O–H groups in total. The van der Waals surface area contributed by atoms with E-state index in [1.165, 1.54) is 17.0 Å². The Hall–Kier alpha value is -0.150. The normalized spacial score (nSPS) is 16.9. The molecule has 10 heavy (non-hydrogen) atoms. The number of thioether (sulfide) groups is 1. The molecule has 0 amide bonds. The zero-order chi connectivity index (χ0) is 6.97. The van der Waals surface area contributed by atoms with Crippen LogP contribution in [0.1, 0.15) is 11.3 Å². The molecule has 2 nitrogen and oxygen atoms in total. The Morgan fingerprint density at radius 3 is 3.30 bits per heavy atom. The Morgan fingerprint density at radius 1 is 1.60 bits per heavy atom. The van der Waals surface area contributed by atoms with Gasteiger partial charge in [0.1, 0.15) is 0 Å². The Labute approximate surface area is 68.3 Å². The van der Waals surface area contributed by atoms with Crippen LogP contribution in [-0.4, -0.2) is 16.0 Å². The van der Waals surface area contributed by atoms with Crippen molar-refractivity contribution in [2.75, 3.05) is 5.75 Å². The van der Waals surface area contributed by atoms with Crippen LogP contribution in [0.25, 0.3) is 0 Å². The predicted molar refractivity (Wildman–Crippen MR) is 43.5 cm³/mol. The molecule has 0 aliphatic carbocycles. The van der Waals surface area contributed by atoms with E-state index in [1.54, 1.807) is 0 Å². The van der Waals surface area contributed by atoms with Crippen LogP contribution >= 0.6 is 23.4 Å². The minimum Gasteiger partial charge on any atom is -0.281 e. The van der Waals surface area contributed by atoms with Crippen molar-refractivity contribution in [1.29, 1.82) is 0 Å². The molecule has 0 bridgehead atoms. The lowest BCUT2D eigenvalue weighted by Crippen LogP contribution is -1.99. The summed E-state index contributed by atoms with van der Waals surface area (Å²) in [6.45, 7) is 0. The van der Waals surface area contributed by atoms with Crippen LogP contribution in [0.2, 0.25) is 5.15 Å². The smallest absolute Gasteiger partial charge is 0.155 e. The predicted octanol–water partition coefficient (Wildman–Crippen LogP) is 1.85. The number of aryl methyl sites for hydroxylation is 1. The molecule has 0 saturated heterocycles. The van der Waals surface area contributed by atoms with Crippen LogP contribution in [-0.2, 0) is 12.2 Å². The van der Waals surface area contributed by atoms with Crippen molar-refractivity contribution in [3.63, 3.8) is 0 Å². The van der Waals surface area contributed by atoms with Crippen LogP contribution in [0.3, 0.4) is 0 Å². The van der Waals surface area contributed by atoms with Crippen molar-refractivity contribution < 1.29 is 0 Å². The molecule has 4 heteroatoms. The van der Waals surface area contributed by atoms with Gasteiger partial charge in [0.2, 0.25) is 0 Å². The molecule has 1 aliphatic rings.